The molecule has 5 nitrogen and oxygen atoms in total. The number of hydrogen-bond acceptors (Lipinski definition) is 5. The summed E-state index contributed by atoms with van der Waals surface area (Å²) in [6, 6.07) is 3.34. The maximum absolute atomic E-state index is 11.4. The van der Waals surface area contributed by atoms with Crippen LogP contribution in [0.4, 0.5) is 5.82 Å². The van der Waals surface area contributed by atoms with Crippen molar-refractivity contribution in [2.45, 2.75) is 13.8 Å². The predicted octanol–water partition coefficient (Wildman–Crippen LogP) is 2.25. The van der Waals surface area contributed by atoms with Crippen molar-refractivity contribution < 1.29 is 14.3 Å². The first kappa shape index (κ1) is 14.0. The van der Waals surface area contributed by atoms with Crippen molar-refractivity contribution in [3.63, 3.8) is 0 Å². The Hall–Kier alpha value is -2.04. The summed E-state index contributed by atoms with van der Waals surface area (Å²) in [6.07, 6.45) is 2.04. The molecular formula is C13H18N2O3. The summed E-state index contributed by atoms with van der Waals surface area (Å²) in [4.78, 5) is 15.6. The van der Waals surface area contributed by atoms with Gasteiger partial charge in [-0.2, -0.15) is 4.98 Å². The Kier molecular flexibility index (Phi) is 5.17. The fraction of sp³-hybridized carbons (Fsp3) is 0.385. The molecule has 0 atom stereocenters. The van der Waals surface area contributed by atoms with E-state index >= 15 is 0 Å². The maximum Gasteiger partial charge on any atom is 0.343 e. The van der Waals surface area contributed by atoms with Crippen LogP contribution in [0.3, 0.4) is 0 Å². The van der Waals surface area contributed by atoms with E-state index in [4.69, 9.17) is 4.74 Å². The second kappa shape index (κ2) is 6.64. The molecule has 0 aliphatic rings. The Balaban J connectivity index is 2.85. The number of allylic oxidation sites excluding steroid dienone is 1. The Bertz CT molecular complexity index is 452. The van der Waals surface area contributed by atoms with Crippen molar-refractivity contribution in [1.82, 2.24) is 4.98 Å². The van der Waals surface area contributed by atoms with Crippen LogP contribution in [0, 0.1) is 0 Å². The van der Waals surface area contributed by atoms with E-state index in [9.17, 15) is 4.79 Å². The molecule has 0 spiro atoms. The highest BCUT2D eigenvalue weighted by Crippen LogP contribution is 2.19. The molecule has 1 rings (SSSR count). The van der Waals surface area contributed by atoms with Gasteiger partial charge in [0, 0.05) is 6.54 Å². The molecule has 0 saturated heterocycles. The van der Waals surface area contributed by atoms with Crippen molar-refractivity contribution in [1.29, 1.82) is 0 Å². The van der Waals surface area contributed by atoms with Gasteiger partial charge in [0.05, 0.1) is 14.2 Å². The van der Waals surface area contributed by atoms with E-state index in [0.717, 1.165) is 0 Å². The van der Waals surface area contributed by atoms with Gasteiger partial charge in [0.25, 0.3) is 0 Å². The molecule has 98 valence electrons. The number of carbonyl (C=O) groups is 1. The molecule has 1 aromatic heterocycles. The molecule has 1 N–H and O–H groups in total. The van der Waals surface area contributed by atoms with Crippen LogP contribution in [0.15, 0.2) is 23.8 Å². The molecule has 1 aromatic rings. The summed E-state index contributed by atoms with van der Waals surface area (Å²) in [5.41, 5.74) is 1.54. The van der Waals surface area contributed by atoms with Crippen LogP contribution >= 0.6 is 0 Å². The first-order valence-electron chi connectivity index (χ1n) is 5.59. The van der Waals surface area contributed by atoms with Gasteiger partial charge in [-0.15, -0.1) is 0 Å². The van der Waals surface area contributed by atoms with Gasteiger partial charge in [0.2, 0.25) is 5.88 Å². The average molecular weight is 250 g/mol. The van der Waals surface area contributed by atoms with E-state index in [0.29, 0.717) is 17.9 Å². The average Bonchev–Trinajstić information content (AvgIpc) is 2.37. The smallest absolute Gasteiger partial charge is 0.343 e. The number of nitrogens with zero attached hydrogens (tertiary/aromatic N) is 1. The largest absolute Gasteiger partial charge is 0.480 e. The summed E-state index contributed by atoms with van der Waals surface area (Å²) >= 11 is 0. The molecule has 0 aromatic carbocycles. The number of ether oxygens (including phenoxy) is 2. The highest BCUT2D eigenvalue weighted by molar-refractivity contribution is 5.92. The number of esters is 1. The van der Waals surface area contributed by atoms with Crippen LogP contribution in [-0.2, 0) is 4.74 Å². The van der Waals surface area contributed by atoms with Crippen LogP contribution in [-0.4, -0.2) is 31.7 Å². The number of methoxy groups -OCH3 is 2. The lowest BCUT2D eigenvalue weighted by atomic mass is 10.2. The number of pyridine rings is 1. The minimum Gasteiger partial charge on any atom is -0.480 e. The van der Waals surface area contributed by atoms with Crippen molar-refractivity contribution in [2.75, 3.05) is 26.1 Å². The first-order valence-corrected chi connectivity index (χ1v) is 5.59. The third-order valence-corrected chi connectivity index (χ3v) is 2.25. The van der Waals surface area contributed by atoms with Crippen LogP contribution in [0.25, 0.3) is 0 Å². The standard InChI is InChI=1S/C13H18N2O3/c1-9(2)7-8-14-11-6-5-10(13(16)18-4)12(15-11)17-3/h5-7H,8H2,1-4H3,(H,14,15). The number of carbonyl (C=O) groups excluding carboxylic acids is 1. The predicted molar refractivity (Wildman–Crippen MR) is 70.0 cm³/mol. The molecule has 0 aliphatic heterocycles. The Morgan fingerprint density at radius 1 is 1.39 bits per heavy atom. The summed E-state index contributed by atoms with van der Waals surface area (Å²) < 4.78 is 9.71. The molecule has 0 radical (unpaired) electrons. The summed E-state index contributed by atoms with van der Waals surface area (Å²) in [5.74, 6) is 0.441. The van der Waals surface area contributed by atoms with Gasteiger partial charge in [-0.1, -0.05) is 11.6 Å². The monoisotopic (exact) mass is 250 g/mol. The molecule has 5 heteroatoms. The fourth-order valence-corrected chi connectivity index (χ4v) is 1.32. The SMILES string of the molecule is COC(=O)c1ccc(NCC=C(C)C)nc1OC. The summed E-state index contributed by atoms with van der Waals surface area (Å²) in [7, 11) is 2.79. The molecule has 0 unspecified atom stereocenters. The number of hydrogen-bond donors (Lipinski definition) is 1. The zero-order valence-corrected chi connectivity index (χ0v) is 11.1. The lowest BCUT2D eigenvalue weighted by Gasteiger charge is -2.08. The minimum absolute atomic E-state index is 0.254. The van der Waals surface area contributed by atoms with E-state index in [-0.39, 0.29) is 5.88 Å². The van der Waals surface area contributed by atoms with Gasteiger partial charge in [0.1, 0.15) is 11.4 Å². The molecule has 18 heavy (non-hydrogen) atoms. The van der Waals surface area contributed by atoms with Crippen molar-refractivity contribution >= 4 is 11.8 Å². The van der Waals surface area contributed by atoms with Crippen LogP contribution in [0.5, 0.6) is 5.88 Å². The molecule has 0 saturated carbocycles. The number of anilines is 1. The third kappa shape index (κ3) is 3.76. The highest BCUT2D eigenvalue weighted by Gasteiger charge is 2.14. The summed E-state index contributed by atoms with van der Waals surface area (Å²) in [6.45, 7) is 4.72. The van der Waals surface area contributed by atoms with Gasteiger partial charge >= 0.3 is 5.97 Å². The molecular weight excluding hydrogens is 232 g/mol. The zero-order chi connectivity index (χ0) is 13.5. The van der Waals surface area contributed by atoms with Gasteiger partial charge in [-0.3, -0.25) is 0 Å². The normalized spacial score (nSPS) is 9.56. The number of aromatic nitrogens is 1. The van der Waals surface area contributed by atoms with Gasteiger partial charge < -0.3 is 14.8 Å². The Morgan fingerprint density at radius 3 is 2.67 bits per heavy atom. The van der Waals surface area contributed by atoms with E-state index in [2.05, 4.69) is 15.0 Å². The third-order valence-electron chi connectivity index (χ3n) is 2.25. The van der Waals surface area contributed by atoms with Gasteiger partial charge in [-0.25, -0.2) is 4.79 Å². The van der Waals surface area contributed by atoms with Crippen LogP contribution in [0.2, 0.25) is 0 Å². The molecule has 0 amide bonds. The second-order valence-electron chi connectivity index (χ2n) is 3.91. The fourth-order valence-electron chi connectivity index (χ4n) is 1.32. The first-order chi connectivity index (χ1) is 8.58. The highest BCUT2D eigenvalue weighted by atomic mass is 16.5. The Labute approximate surface area is 107 Å². The van der Waals surface area contributed by atoms with E-state index in [1.54, 1.807) is 12.1 Å². The van der Waals surface area contributed by atoms with E-state index in [1.807, 2.05) is 19.9 Å². The van der Waals surface area contributed by atoms with Crippen molar-refractivity contribution in [2.24, 2.45) is 0 Å². The van der Waals surface area contributed by atoms with E-state index < -0.39 is 5.97 Å². The number of nitrogens with one attached hydrogen (secondary N) is 1. The van der Waals surface area contributed by atoms with Crippen molar-refractivity contribution in [3.05, 3.63) is 29.3 Å². The van der Waals surface area contributed by atoms with E-state index in [1.165, 1.54) is 19.8 Å². The van der Waals surface area contributed by atoms with Crippen LogP contribution < -0.4 is 10.1 Å². The Morgan fingerprint density at radius 2 is 2.11 bits per heavy atom. The molecule has 0 aliphatic carbocycles. The van der Waals surface area contributed by atoms with Crippen molar-refractivity contribution in [3.8, 4) is 5.88 Å². The quantitative estimate of drug-likeness (QED) is 0.641. The van der Waals surface area contributed by atoms with Crippen LogP contribution in [0.1, 0.15) is 24.2 Å². The topological polar surface area (TPSA) is 60.5 Å². The lowest BCUT2D eigenvalue weighted by Crippen LogP contribution is -2.08. The molecule has 0 bridgehead atoms. The lowest BCUT2D eigenvalue weighted by molar-refractivity contribution is 0.0596. The molecule has 1 heterocycles. The molecule has 0 fully saturated rings. The van der Waals surface area contributed by atoms with Gasteiger partial charge in [0.15, 0.2) is 0 Å². The van der Waals surface area contributed by atoms with Gasteiger partial charge in [-0.05, 0) is 26.0 Å². The zero-order valence-electron chi connectivity index (χ0n) is 11.1. The summed E-state index contributed by atoms with van der Waals surface area (Å²) in [5, 5.41) is 3.12. The maximum atomic E-state index is 11.4. The second-order valence-corrected chi connectivity index (χ2v) is 3.91. The number of rotatable bonds is 5. The minimum atomic E-state index is -0.463.